The zero-order chi connectivity index (χ0) is 33.5. The maximum Gasteiger partial charge on any atom is 0.419 e. The number of esters is 1. The van der Waals surface area contributed by atoms with E-state index in [9.17, 15) is 37.5 Å². The number of rotatable bonds is 16. The number of carboxylic acid groups (broad SMARTS) is 1. The molecule has 1 aliphatic carbocycles. The van der Waals surface area contributed by atoms with Crippen LogP contribution < -0.4 is 5.32 Å². The number of hydrogen-bond acceptors (Lipinski definition) is 9. The summed E-state index contributed by atoms with van der Waals surface area (Å²) in [6.07, 6.45) is -0.480. The largest absolute Gasteiger partial charge is 0.481 e. The Labute approximate surface area is 264 Å². The van der Waals surface area contributed by atoms with E-state index in [0.717, 1.165) is 30.6 Å². The van der Waals surface area contributed by atoms with Gasteiger partial charge in [0.1, 0.15) is 16.5 Å². The molecule has 45 heavy (non-hydrogen) atoms. The quantitative estimate of drug-likeness (QED) is 0.236. The van der Waals surface area contributed by atoms with Gasteiger partial charge in [0.05, 0.1) is 11.5 Å². The van der Waals surface area contributed by atoms with Gasteiger partial charge in [0.25, 0.3) is 5.91 Å². The average Bonchev–Trinajstić information content (AvgIpc) is 3.65. The second-order valence-corrected chi connectivity index (χ2v) is 12.8. The number of alkyl halides is 3. The van der Waals surface area contributed by atoms with Crippen molar-refractivity contribution in [3.63, 3.8) is 0 Å². The summed E-state index contributed by atoms with van der Waals surface area (Å²) >= 11 is 1.10. The van der Waals surface area contributed by atoms with Gasteiger partial charge in [-0.15, -0.1) is 11.3 Å². The molecule has 1 aliphatic rings. The van der Waals surface area contributed by atoms with Gasteiger partial charge in [-0.3, -0.25) is 19.2 Å². The van der Waals surface area contributed by atoms with Gasteiger partial charge in [-0.05, 0) is 24.7 Å². The lowest BCUT2D eigenvalue weighted by Crippen LogP contribution is -2.41. The number of aromatic nitrogens is 3. The van der Waals surface area contributed by atoms with Crippen LogP contribution in [-0.4, -0.2) is 67.8 Å². The van der Waals surface area contributed by atoms with E-state index in [1.54, 1.807) is 11.9 Å². The van der Waals surface area contributed by atoms with Crippen LogP contribution in [0.2, 0.25) is 0 Å². The van der Waals surface area contributed by atoms with Gasteiger partial charge in [0.2, 0.25) is 5.91 Å². The lowest BCUT2D eigenvalue weighted by atomic mass is 9.96. The number of carbonyl (C=O) groups excluding carboxylic acids is 3. The second-order valence-electron chi connectivity index (χ2n) is 11.9. The number of hydrogen-bond donors (Lipinski definition) is 2. The third kappa shape index (κ3) is 11.0. The highest BCUT2D eigenvalue weighted by Gasteiger charge is 2.33. The smallest absolute Gasteiger partial charge is 0.419 e. The summed E-state index contributed by atoms with van der Waals surface area (Å²) in [6.45, 7) is 6.65. The summed E-state index contributed by atoms with van der Waals surface area (Å²) in [5.41, 5.74) is -1.04. The first-order chi connectivity index (χ1) is 21.0. The van der Waals surface area contributed by atoms with Crippen molar-refractivity contribution in [1.82, 2.24) is 25.2 Å². The highest BCUT2D eigenvalue weighted by molar-refractivity contribution is 7.09. The molecule has 0 aromatic carbocycles. The van der Waals surface area contributed by atoms with E-state index in [1.165, 1.54) is 19.2 Å². The molecule has 2 N–H and O–H groups in total. The molecule has 248 valence electrons. The van der Waals surface area contributed by atoms with Crippen LogP contribution in [0, 0.1) is 17.8 Å². The van der Waals surface area contributed by atoms with Gasteiger partial charge in [-0.25, -0.2) is 15.0 Å². The summed E-state index contributed by atoms with van der Waals surface area (Å²) in [4.78, 5) is 63.3. The molecule has 11 nitrogen and oxygen atoms in total. The minimum absolute atomic E-state index is 0.00435. The van der Waals surface area contributed by atoms with Crippen LogP contribution in [0.25, 0.3) is 0 Å². The Morgan fingerprint density at radius 2 is 1.78 bits per heavy atom. The van der Waals surface area contributed by atoms with Crippen molar-refractivity contribution < 1.29 is 42.2 Å². The monoisotopic (exact) mass is 655 g/mol. The highest BCUT2D eigenvalue weighted by atomic mass is 32.1. The molecule has 0 spiro atoms. The Morgan fingerprint density at radius 1 is 1.13 bits per heavy atom. The topological polar surface area (TPSA) is 152 Å². The van der Waals surface area contributed by atoms with E-state index in [4.69, 9.17) is 4.74 Å². The van der Waals surface area contributed by atoms with Crippen molar-refractivity contribution in [2.24, 2.45) is 17.8 Å². The van der Waals surface area contributed by atoms with Crippen molar-refractivity contribution >= 4 is 35.1 Å². The van der Waals surface area contributed by atoms with Gasteiger partial charge in [-0.1, -0.05) is 33.6 Å². The third-order valence-corrected chi connectivity index (χ3v) is 8.71. The fourth-order valence-electron chi connectivity index (χ4n) is 4.94. The summed E-state index contributed by atoms with van der Waals surface area (Å²) in [6, 6.07) is -1.11. The van der Waals surface area contributed by atoms with Crippen LogP contribution in [0.15, 0.2) is 17.8 Å². The molecule has 0 radical (unpaired) electrons. The van der Waals surface area contributed by atoms with E-state index in [-0.39, 0.29) is 48.6 Å². The van der Waals surface area contributed by atoms with E-state index >= 15 is 0 Å². The number of thiazole rings is 1. The first-order valence-corrected chi connectivity index (χ1v) is 15.7. The Hall–Kier alpha value is -3.62. The molecule has 3 unspecified atom stereocenters. The van der Waals surface area contributed by atoms with Gasteiger partial charge in [-0.2, -0.15) is 13.2 Å². The van der Waals surface area contributed by atoms with Crippen molar-refractivity contribution in [3.05, 3.63) is 39.9 Å². The van der Waals surface area contributed by atoms with Gasteiger partial charge < -0.3 is 20.1 Å². The van der Waals surface area contributed by atoms with Crippen LogP contribution in [0.4, 0.5) is 13.2 Å². The van der Waals surface area contributed by atoms with Crippen LogP contribution in [0.1, 0.15) is 99.2 Å². The molecule has 0 bridgehead atoms. The fourth-order valence-corrected chi connectivity index (χ4v) is 5.78. The molecule has 1 saturated carbocycles. The van der Waals surface area contributed by atoms with Gasteiger partial charge in [0, 0.05) is 63.1 Å². The van der Waals surface area contributed by atoms with E-state index in [1.807, 2.05) is 13.8 Å². The lowest BCUT2D eigenvalue weighted by molar-refractivity contribution is -0.148. The van der Waals surface area contributed by atoms with Crippen molar-refractivity contribution in [3.8, 4) is 0 Å². The van der Waals surface area contributed by atoms with E-state index in [2.05, 4.69) is 20.3 Å². The van der Waals surface area contributed by atoms with Gasteiger partial charge in [0.15, 0.2) is 6.10 Å². The van der Waals surface area contributed by atoms with Gasteiger partial charge >= 0.3 is 18.1 Å². The summed E-state index contributed by atoms with van der Waals surface area (Å²) < 4.78 is 44.4. The third-order valence-electron chi connectivity index (χ3n) is 7.77. The van der Waals surface area contributed by atoms with Crippen LogP contribution >= 0.6 is 11.3 Å². The number of carbonyl (C=O) groups is 4. The molecule has 2 aromatic rings. The van der Waals surface area contributed by atoms with Crippen LogP contribution in [0.5, 0.6) is 0 Å². The minimum Gasteiger partial charge on any atom is -0.481 e. The number of aliphatic carboxylic acids is 1. The number of nitrogens with zero attached hydrogens (tertiary/aromatic N) is 4. The Bertz CT molecular complexity index is 1330. The number of amides is 2. The average molecular weight is 656 g/mol. The minimum atomic E-state index is -4.62. The summed E-state index contributed by atoms with van der Waals surface area (Å²) in [5, 5.41) is 13.9. The number of carboxylic acids is 1. The molecule has 4 atom stereocenters. The number of ether oxygens (including phenoxy) is 1. The SMILES string of the molecule is CC(=O)OC(CC(C(C)C)N(C)C(=O)CCC1CC1)c1nc(C(=O)N[C@@H](Cc2ncc(C(F)(F)F)cn2)CC(C)C(=O)O)cs1. The summed E-state index contributed by atoms with van der Waals surface area (Å²) in [7, 11) is 1.74. The first-order valence-electron chi connectivity index (χ1n) is 14.8. The molecule has 2 heterocycles. The Kier molecular flexibility index (Phi) is 12.4. The molecule has 0 aliphatic heterocycles. The van der Waals surface area contributed by atoms with Crippen molar-refractivity contribution in [2.75, 3.05) is 7.05 Å². The van der Waals surface area contributed by atoms with Crippen molar-refractivity contribution in [1.29, 1.82) is 0 Å². The number of nitrogens with one attached hydrogen (secondary N) is 1. The molecule has 2 aromatic heterocycles. The maximum absolute atomic E-state index is 13.2. The molecular formula is C30H40F3N5O6S. The zero-order valence-electron chi connectivity index (χ0n) is 26.0. The lowest BCUT2D eigenvalue weighted by Gasteiger charge is -2.33. The molecule has 2 amide bonds. The molecule has 0 saturated heterocycles. The van der Waals surface area contributed by atoms with Crippen LogP contribution in [-0.2, 0) is 31.7 Å². The van der Waals surface area contributed by atoms with Crippen LogP contribution in [0.3, 0.4) is 0 Å². The van der Waals surface area contributed by atoms with Crippen molar-refractivity contribution in [2.45, 2.75) is 97.0 Å². The highest BCUT2D eigenvalue weighted by Crippen LogP contribution is 2.35. The predicted octanol–water partition coefficient (Wildman–Crippen LogP) is 5.07. The predicted molar refractivity (Wildman–Crippen MR) is 158 cm³/mol. The molecule has 1 fully saturated rings. The van der Waals surface area contributed by atoms with E-state index < -0.39 is 47.6 Å². The standard InChI is InChI=1S/C30H40F3N5O6S/c1-16(2)23(38(5)26(40)9-8-19-6-7-19)12-24(44-18(4)39)28-37-22(15-45-28)27(41)36-21(10-17(3)29(42)43)11-25-34-13-20(14-35-25)30(31,32)33/h13-17,19,21,23-24H,6-12H2,1-5H3,(H,36,41)(H,42,43)/t17?,21-,23?,24?/m1/s1. The molecule has 15 heteroatoms. The fraction of sp³-hybridized carbons (Fsp3) is 0.633. The Balaban J connectivity index is 1.76. The molecular weight excluding hydrogens is 615 g/mol. The number of halogens is 3. The second kappa shape index (κ2) is 15.6. The first kappa shape index (κ1) is 35.9. The van der Waals surface area contributed by atoms with E-state index in [0.29, 0.717) is 29.7 Å². The summed E-state index contributed by atoms with van der Waals surface area (Å²) in [5.74, 6) is -2.55. The maximum atomic E-state index is 13.2. The Morgan fingerprint density at radius 3 is 2.31 bits per heavy atom. The molecule has 3 rings (SSSR count). The normalized spacial score (nSPS) is 16.0. The zero-order valence-corrected chi connectivity index (χ0v) is 26.8.